The fourth-order valence-electron chi connectivity index (χ4n) is 4.20. The summed E-state index contributed by atoms with van der Waals surface area (Å²) in [5.41, 5.74) is 2.34. The Hall–Kier alpha value is -2.73. The molecule has 3 heterocycles. The Morgan fingerprint density at radius 1 is 1.19 bits per heavy atom. The molecule has 196 valence electrons. The summed E-state index contributed by atoms with van der Waals surface area (Å²) in [6.07, 6.45) is 6.97. The number of ether oxygens (including phenoxy) is 3. The third-order valence-electron chi connectivity index (χ3n) is 5.80. The van der Waals surface area contributed by atoms with Crippen molar-refractivity contribution >= 4 is 21.0 Å². The van der Waals surface area contributed by atoms with E-state index >= 15 is 0 Å². The zero-order valence-electron chi connectivity index (χ0n) is 20.8. The van der Waals surface area contributed by atoms with Crippen molar-refractivity contribution in [2.45, 2.75) is 58.0 Å². The summed E-state index contributed by atoms with van der Waals surface area (Å²) < 4.78 is 46.7. The van der Waals surface area contributed by atoms with Gasteiger partial charge >= 0.3 is 0 Å². The van der Waals surface area contributed by atoms with Crippen LogP contribution < -0.4 is 4.74 Å². The number of aromatic hydroxyl groups is 1. The molecule has 3 atom stereocenters. The van der Waals surface area contributed by atoms with Gasteiger partial charge in [0.1, 0.15) is 23.3 Å². The Balaban J connectivity index is 1.43. The van der Waals surface area contributed by atoms with Gasteiger partial charge in [0, 0.05) is 30.4 Å². The topological polar surface area (TPSA) is 122 Å². The predicted octanol–water partition coefficient (Wildman–Crippen LogP) is 4.04. The molecule has 0 saturated carbocycles. The Morgan fingerprint density at radius 2 is 2.03 bits per heavy atom. The second-order valence-corrected chi connectivity index (χ2v) is 10.7. The van der Waals surface area contributed by atoms with Crippen LogP contribution in [0.3, 0.4) is 0 Å². The number of nitrogens with zero attached hydrogens (tertiary/aromatic N) is 3. The Labute approximate surface area is 211 Å². The lowest BCUT2D eigenvalue weighted by Gasteiger charge is -2.23. The van der Waals surface area contributed by atoms with Gasteiger partial charge in [0.25, 0.3) is 10.1 Å². The Morgan fingerprint density at radius 3 is 2.78 bits per heavy atom. The molecule has 10 nitrogen and oxygen atoms in total. The van der Waals surface area contributed by atoms with Crippen LogP contribution in [0, 0.1) is 0 Å². The lowest BCUT2D eigenvalue weighted by atomic mass is 10.1. The normalized spacial score (nSPS) is 18.2. The van der Waals surface area contributed by atoms with Crippen LogP contribution in [0.25, 0.3) is 22.2 Å². The van der Waals surface area contributed by atoms with Gasteiger partial charge in [0.05, 0.1) is 30.7 Å². The van der Waals surface area contributed by atoms with E-state index in [9.17, 15) is 13.5 Å². The molecule has 1 aliphatic rings. The van der Waals surface area contributed by atoms with Crippen LogP contribution >= 0.6 is 0 Å². The van der Waals surface area contributed by atoms with E-state index in [1.54, 1.807) is 31.5 Å². The molecule has 4 rings (SSSR count). The van der Waals surface area contributed by atoms with Gasteiger partial charge in [0.15, 0.2) is 6.23 Å². The number of fused-ring (bicyclic) bond motifs is 1. The first-order valence-electron chi connectivity index (χ1n) is 12.1. The van der Waals surface area contributed by atoms with Gasteiger partial charge in [-0.05, 0) is 63.8 Å². The summed E-state index contributed by atoms with van der Waals surface area (Å²) in [4.78, 5) is 4.34. The zero-order chi connectivity index (χ0) is 25.7. The van der Waals surface area contributed by atoms with E-state index < -0.39 is 16.2 Å². The van der Waals surface area contributed by atoms with E-state index in [1.807, 2.05) is 23.7 Å². The Bertz CT molecular complexity index is 1270. The molecular formula is C25H33N3O7S. The summed E-state index contributed by atoms with van der Waals surface area (Å²) in [6.45, 7) is 4.94. The van der Waals surface area contributed by atoms with Crippen LogP contribution in [0.2, 0.25) is 0 Å². The van der Waals surface area contributed by atoms with E-state index in [2.05, 4.69) is 4.98 Å². The molecule has 1 aromatic carbocycles. The van der Waals surface area contributed by atoms with E-state index in [0.717, 1.165) is 42.0 Å². The number of phenols is 1. The van der Waals surface area contributed by atoms with Crippen molar-refractivity contribution in [3.8, 4) is 22.8 Å². The number of hydrogen-bond donors (Lipinski definition) is 1. The van der Waals surface area contributed by atoms with Crippen molar-refractivity contribution in [3.63, 3.8) is 0 Å². The highest BCUT2D eigenvalue weighted by Crippen LogP contribution is 2.35. The molecule has 1 saturated heterocycles. The molecular weight excluding hydrogens is 486 g/mol. The molecule has 11 heteroatoms. The summed E-state index contributed by atoms with van der Waals surface area (Å²) in [5.74, 6) is 0.726. The lowest BCUT2D eigenvalue weighted by Crippen LogP contribution is -2.21. The molecule has 1 fully saturated rings. The summed E-state index contributed by atoms with van der Waals surface area (Å²) in [7, 11) is -3.48. The van der Waals surface area contributed by atoms with Crippen molar-refractivity contribution in [2.75, 3.05) is 26.1 Å². The van der Waals surface area contributed by atoms with Crippen molar-refractivity contribution in [1.29, 1.82) is 0 Å². The third kappa shape index (κ3) is 6.94. The van der Waals surface area contributed by atoms with Crippen LogP contribution in [0.15, 0.2) is 36.7 Å². The number of phenolic OH excluding ortho intramolecular Hbond substituents is 1. The quantitative estimate of drug-likeness (QED) is 0.295. The maximum Gasteiger partial charge on any atom is 0.264 e. The standard InChI is InChI=1S/C25H33N3O7S/c1-17(35-36(3,30)31)9-11-32-16-18(2)34-21-12-19(14-26-15-21)25-22-13-20(29)7-8-23(22)28(27-25)24-6-4-5-10-33-24/h7-8,12-15,17-18,24,29H,4-6,9-11,16H2,1-3H3/t17-,18+,24?/m1/s1. The van der Waals surface area contributed by atoms with Gasteiger partial charge in [-0.3, -0.25) is 9.17 Å². The van der Waals surface area contributed by atoms with Gasteiger partial charge in [-0.2, -0.15) is 13.5 Å². The first-order chi connectivity index (χ1) is 17.2. The van der Waals surface area contributed by atoms with E-state index in [-0.39, 0.29) is 18.1 Å². The minimum absolute atomic E-state index is 0.144. The van der Waals surface area contributed by atoms with Gasteiger partial charge in [0.2, 0.25) is 0 Å². The molecule has 36 heavy (non-hydrogen) atoms. The van der Waals surface area contributed by atoms with Gasteiger partial charge in [-0.15, -0.1) is 0 Å². The van der Waals surface area contributed by atoms with E-state index in [4.69, 9.17) is 23.5 Å². The van der Waals surface area contributed by atoms with Gasteiger partial charge < -0.3 is 19.3 Å². The Kier molecular flexibility index (Phi) is 8.45. The van der Waals surface area contributed by atoms with Gasteiger partial charge in [-0.25, -0.2) is 4.68 Å². The molecule has 3 aromatic rings. The SMILES string of the molecule is C[C@H](CCOC[C@H](C)Oc1cncc(-c2nn(C3CCCCO3)c3ccc(O)cc23)c1)OS(C)(=O)=O. The van der Waals surface area contributed by atoms with Gasteiger partial charge in [-0.1, -0.05) is 0 Å². The fourth-order valence-corrected chi connectivity index (χ4v) is 4.90. The predicted molar refractivity (Wildman–Crippen MR) is 134 cm³/mol. The third-order valence-corrected chi connectivity index (χ3v) is 6.48. The average Bonchev–Trinajstić information content (AvgIpc) is 3.20. The number of aromatic nitrogens is 3. The van der Waals surface area contributed by atoms with Crippen molar-refractivity contribution in [3.05, 3.63) is 36.7 Å². The maximum atomic E-state index is 11.2. The summed E-state index contributed by atoms with van der Waals surface area (Å²) in [6, 6.07) is 7.08. The van der Waals surface area contributed by atoms with Crippen molar-refractivity contribution < 1.29 is 31.9 Å². The minimum Gasteiger partial charge on any atom is -0.508 e. The first kappa shape index (κ1) is 26.3. The zero-order valence-corrected chi connectivity index (χ0v) is 21.6. The monoisotopic (exact) mass is 519 g/mol. The van der Waals surface area contributed by atoms with Crippen LogP contribution in [-0.4, -0.2) is 66.6 Å². The highest BCUT2D eigenvalue weighted by atomic mass is 32.2. The molecule has 0 amide bonds. The highest BCUT2D eigenvalue weighted by molar-refractivity contribution is 7.86. The smallest absolute Gasteiger partial charge is 0.264 e. The highest BCUT2D eigenvalue weighted by Gasteiger charge is 2.22. The number of pyridine rings is 1. The molecule has 0 radical (unpaired) electrons. The summed E-state index contributed by atoms with van der Waals surface area (Å²) >= 11 is 0. The molecule has 2 aromatic heterocycles. The second-order valence-electron chi connectivity index (χ2n) is 9.13. The number of hydrogen-bond acceptors (Lipinski definition) is 9. The van der Waals surface area contributed by atoms with Crippen LogP contribution in [0.5, 0.6) is 11.5 Å². The molecule has 0 spiro atoms. The molecule has 1 unspecified atom stereocenters. The molecule has 1 aliphatic heterocycles. The summed E-state index contributed by atoms with van der Waals surface area (Å²) in [5, 5.41) is 15.8. The number of rotatable bonds is 11. The van der Waals surface area contributed by atoms with Crippen LogP contribution in [-0.2, 0) is 23.8 Å². The molecule has 1 N–H and O–H groups in total. The van der Waals surface area contributed by atoms with E-state index in [1.165, 1.54) is 0 Å². The van der Waals surface area contributed by atoms with Crippen LogP contribution in [0.4, 0.5) is 0 Å². The average molecular weight is 520 g/mol. The largest absolute Gasteiger partial charge is 0.508 e. The minimum atomic E-state index is -3.48. The van der Waals surface area contributed by atoms with Crippen LogP contribution in [0.1, 0.15) is 45.8 Å². The lowest BCUT2D eigenvalue weighted by molar-refractivity contribution is -0.0365. The van der Waals surface area contributed by atoms with Crippen molar-refractivity contribution in [1.82, 2.24) is 14.8 Å². The van der Waals surface area contributed by atoms with E-state index in [0.29, 0.717) is 37.7 Å². The fraction of sp³-hybridized carbons (Fsp3) is 0.520. The maximum absolute atomic E-state index is 11.2. The molecule has 0 bridgehead atoms. The number of benzene rings is 1. The first-order valence-corrected chi connectivity index (χ1v) is 13.9. The molecule has 0 aliphatic carbocycles. The second kappa shape index (κ2) is 11.5. The van der Waals surface area contributed by atoms with Crippen molar-refractivity contribution in [2.24, 2.45) is 0 Å².